The van der Waals surface area contributed by atoms with Crippen LogP contribution in [0.15, 0.2) is 18.2 Å². The topological polar surface area (TPSA) is 47.3 Å². The van der Waals surface area contributed by atoms with Gasteiger partial charge >= 0.3 is 0 Å². The van der Waals surface area contributed by atoms with E-state index < -0.39 is 0 Å². The standard InChI is InChI=1S/C13H21FN2O/c1-13(2,7-8-17-3)9-16-11-6-4-5-10(14)12(11)15/h4-6,16H,7-9,15H2,1-3H3. The van der Waals surface area contributed by atoms with Crippen molar-refractivity contribution in [3.8, 4) is 0 Å². The minimum absolute atomic E-state index is 0.0781. The molecule has 0 spiro atoms. The average Bonchev–Trinajstić information content (AvgIpc) is 2.29. The molecule has 0 aliphatic carbocycles. The number of hydrogen-bond acceptors (Lipinski definition) is 3. The lowest BCUT2D eigenvalue weighted by Crippen LogP contribution is -2.25. The fourth-order valence-corrected chi connectivity index (χ4v) is 1.49. The van der Waals surface area contributed by atoms with Crippen LogP contribution in [0.1, 0.15) is 20.3 Å². The van der Waals surface area contributed by atoms with Crippen LogP contribution >= 0.6 is 0 Å². The molecule has 0 fully saturated rings. The molecule has 17 heavy (non-hydrogen) atoms. The summed E-state index contributed by atoms with van der Waals surface area (Å²) < 4.78 is 18.3. The number of nitrogens with one attached hydrogen (secondary N) is 1. The Kier molecular flexibility index (Phi) is 4.75. The molecule has 4 heteroatoms. The van der Waals surface area contributed by atoms with Crippen LogP contribution in [-0.4, -0.2) is 20.3 Å². The number of halogens is 1. The maximum Gasteiger partial charge on any atom is 0.148 e. The van der Waals surface area contributed by atoms with E-state index in [4.69, 9.17) is 10.5 Å². The second-order valence-electron chi connectivity index (χ2n) is 4.96. The van der Waals surface area contributed by atoms with Gasteiger partial charge in [-0.05, 0) is 24.0 Å². The van der Waals surface area contributed by atoms with Crippen molar-refractivity contribution in [1.82, 2.24) is 0 Å². The van der Waals surface area contributed by atoms with Crippen LogP contribution in [0.5, 0.6) is 0 Å². The number of rotatable bonds is 6. The Morgan fingerprint density at radius 3 is 2.76 bits per heavy atom. The summed E-state index contributed by atoms with van der Waals surface area (Å²) in [5, 5.41) is 3.18. The van der Waals surface area contributed by atoms with Crippen LogP contribution in [0, 0.1) is 11.2 Å². The molecule has 0 saturated heterocycles. The van der Waals surface area contributed by atoms with Crippen molar-refractivity contribution in [2.75, 3.05) is 31.3 Å². The van der Waals surface area contributed by atoms with Gasteiger partial charge < -0.3 is 15.8 Å². The van der Waals surface area contributed by atoms with E-state index in [1.54, 1.807) is 19.2 Å². The lowest BCUT2D eigenvalue weighted by Gasteiger charge is -2.25. The van der Waals surface area contributed by atoms with Crippen LogP contribution in [0.2, 0.25) is 0 Å². The van der Waals surface area contributed by atoms with Crippen molar-refractivity contribution in [3.63, 3.8) is 0 Å². The Bertz CT molecular complexity index is 366. The third kappa shape index (κ3) is 4.23. The Balaban J connectivity index is 2.58. The summed E-state index contributed by atoms with van der Waals surface area (Å²) in [7, 11) is 1.69. The maximum atomic E-state index is 13.2. The highest BCUT2D eigenvalue weighted by atomic mass is 19.1. The van der Waals surface area contributed by atoms with E-state index in [0.717, 1.165) is 13.0 Å². The zero-order chi connectivity index (χ0) is 12.9. The first-order chi connectivity index (χ1) is 7.96. The third-order valence-corrected chi connectivity index (χ3v) is 2.79. The van der Waals surface area contributed by atoms with Gasteiger partial charge in [-0.1, -0.05) is 19.9 Å². The SMILES string of the molecule is COCCC(C)(C)CNc1cccc(F)c1N. The first kappa shape index (κ1) is 13.8. The van der Waals surface area contributed by atoms with Crippen molar-refractivity contribution in [2.45, 2.75) is 20.3 Å². The number of nitrogen functional groups attached to an aromatic ring is 1. The number of para-hydroxylation sites is 1. The average molecular weight is 240 g/mol. The first-order valence-corrected chi connectivity index (χ1v) is 5.73. The van der Waals surface area contributed by atoms with Gasteiger partial charge in [0.2, 0.25) is 0 Å². The number of anilines is 2. The van der Waals surface area contributed by atoms with E-state index in [0.29, 0.717) is 12.3 Å². The zero-order valence-corrected chi connectivity index (χ0v) is 10.7. The summed E-state index contributed by atoms with van der Waals surface area (Å²) in [4.78, 5) is 0. The van der Waals surface area contributed by atoms with Crippen molar-refractivity contribution >= 4 is 11.4 Å². The van der Waals surface area contributed by atoms with E-state index in [1.165, 1.54) is 6.07 Å². The molecule has 0 heterocycles. The Hall–Kier alpha value is -1.29. The molecule has 0 aliphatic rings. The first-order valence-electron chi connectivity index (χ1n) is 5.73. The molecule has 96 valence electrons. The fraction of sp³-hybridized carbons (Fsp3) is 0.538. The van der Waals surface area contributed by atoms with E-state index in [1.807, 2.05) is 0 Å². The van der Waals surface area contributed by atoms with Crippen molar-refractivity contribution in [1.29, 1.82) is 0 Å². The Morgan fingerprint density at radius 1 is 1.41 bits per heavy atom. The second kappa shape index (κ2) is 5.87. The van der Waals surface area contributed by atoms with Crippen molar-refractivity contribution in [3.05, 3.63) is 24.0 Å². The molecule has 0 radical (unpaired) electrons. The van der Waals surface area contributed by atoms with Gasteiger partial charge in [0.15, 0.2) is 0 Å². The largest absolute Gasteiger partial charge is 0.395 e. The summed E-state index contributed by atoms with van der Waals surface area (Å²) in [6.45, 7) is 5.71. The molecule has 0 unspecified atom stereocenters. The minimum atomic E-state index is -0.385. The van der Waals surface area contributed by atoms with Gasteiger partial charge in [-0.25, -0.2) is 4.39 Å². The molecule has 3 N–H and O–H groups in total. The van der Waals surface area contributed by atoms with Crippen LogP contribution in [-0.2, 0) is 4.74 Å². The summed E-state index contributed by atoms with van der Waals surface area (Å²) >= 11 is 0. The monoisotopic (exact) mass is 240 g/mol. The number of benzene rings is 1. The molecule has 1 rings (SSSR count). The number of methoxy groups -OCH3 is 1. The molecule has 0 aromatic heterocycles. The Morgan fingerprint density at radius 2 is 2.12 bits per heavy atom. The van der Waals surface area contributed by atoms with Gasteiger partial charge in [0, 0.05) is 20.3 Å². The molecule has 0 amide bonds. The molecule has 0 saturated carbocycles. The highest BCUT2D eigenvalue weighted by Crippen LogP contribution is 2.25. The highest BCUT2D eigenvalue weighted by molar-refractivity contribution is 5.66. The van der Waals surface area contributed by atoms with E-state index in [-0.39, 0.29) is 16.9 Å². The van der Waals surface area contributed by atoms with Gasteiger partial charge in [-0.15, -0.1) is 0 Å². The smallest absolute Gasteiger partial charge is 0.148 e. The number of ether oxygens (including phenoxy) is 1. The lowest BCUT2D eigenvalue weighted by molar-refractivity contribution is 0.157. The van der Waals surface area contributed by atoms with E-state index >= 15 is 0 Å². The van der Waals surface area contributed by atoms with Gasteiger partial charge in [0.05, 0.1) is 11.4 Å². The quantitative estimate of drug-likeness (QED) is 0.752. The van der Waals surface area contributed by atoms with Gasteiger partial charge in [-0.3, -0.25) is 0 Å². The lowest BCUT2D eigenvalue weighted by atomic mass is 9.89. The number of hydrogen-bond donors (Lipinski definition) is 2. The molecule has 0 aliphatic heterocycles. The van der Waals surface area contributed by atoms with Crippen LogP contribution < -0.4 is 11.1 Å². The second-order valence-corrected chi connectivity index (χ2v) is 4.96. The van der Waals surface area contributed by atoms with Crippen LogP contribution in [0.4, 0.5) is 15.8 Å². The molecule has 0 bridgehead atoms. The normalized spacial score (nSPS) is 11.5. The summed E-state index contributed by atoms with van der Waals surface area (Å²) in [6, 6.07) is 4.79. The van der Waals surface area contributed by atoms with E-state index in [9.17, 15) is 4.39 Å². The predicted molar refractivity (Wildman–Crippen MR) is 69.6 cm³/mol. The summed E-state index contributed by atoms with van der Waals surface area (Å²) in [5.74, 6) is -0.385. The van der Waals surface area contributed by atoms with Gasteiger partial charge in [-0.2, -0.15) is 0 Å². The third-order valence-electron chi connectivity index (χ3n) is 2.79. The zero-order valence-electron chi connectivity index (χ0n) is 10.7. The van der Waals surface area contributed by atoms with Crippen LogP contribution in [0.25, 0.3) is 0 Å². The van der Waals surface area contributed by atoms with Gasteiger partial charge in [0.25, 0.3) is 0 Å². The maximum absolute atomic E-state index is 13.2. The Labute approximate surface area is 102 Å². The molecule has 1 aromatic rings. The van der Waals surface area contributed by atoms with Crippen LogP contribution in [0.3, 0.4) is 0 Å². The molecule has 0 atom stereocenters. The molecule has 1 aromatic carbocycles. The van der Waals surface area contributed by atoms with E-state index in [2.05, 4.69) is 19.2 Å². The van der Waals surface area contributed by atoms with Crippen molar-refractivity contribution < 1.29 is 9.13 Å². The summed E-state index contributed by atoms with van der Waals surface area (Å²) in [6.07, 6.45) is 0.936. The molecular formula is C13H21FN2O. The summed E-state index contributed by atoms with van der Waals surface area (Å²) in [5.41, 5.74) is 6.55. The predicted octanol–water partition coefficient (Wildman–Crippen LogP) is 2.88. The fourth-order valence-electron chi connectivity index (χ4n) is 1.49. The minimum Gasteiger partial charge on any atom is -0.395 e. The number of nitrogens with two attached hydrogens (primary N) is 1. The molecule has 3 nitrogen and oxygen atoms in total. The molecular weight excluding hydrogens is 219 g/mol. The van der Waals surface area contributed by atoms with Gasteiger partial charge in [0.1, 0.15) is 5.82 Å². The van der Waals surface area contributed by atoms with Crippen molar-refractivity contribution in [2.24, 2.45) is 5.41 Å². The highest BCUT2D eigenvalue weighted by Gasteiger charge is 2.17.